The Morgan fingerprint density at radius 1 is 0.809 bits per heavy atom. The van der Waals surface area contributed by atoms with Crippen LogP contribution in [-0.2, 0) is 24.9 Å². The molecule has 0 aliphatic rings. The molecule has 0 saturated heterocycles. The van der Waals surface area contributed by atoms with E-state index < -0.39 is 13.5 Å². The van der Waals surface area contributed by atoms with Gasteiger partial charge in [-0.05, 0) is 46.1 Å². The van der Waals surface area contributed by atoms with Gasteiger partial charge in [0.15, 0.2) is 5.78 Å². The number of fused-ring (bicyclic) bond motifs is 3. The molecule has 0 aliphatic carbocycles. The van der Waals surface area contributed by atoms with E-state index in [2.05, 4.69) is 101 Å². The molecular formula is C41H49IrN2O2Si-. The van der Waals surface area contributed by atoms with E-state index in [1.807, 2.05) is 53.9 Å². The summed E-state index contributed by atoms with van der Waals surface area (Å²) in [6.07, 6.45) is 5.22. The Hall–Kier alpha value is -3.44. The normalized spacial score (nSPS) is 12.4. The van der Waals surface area contributed by atoms with Crippen LogP contribution in [0.25, 0.3) is 44.1 Å². The van der Waals surface area contributed by atoms with Gasteiger partial charge < -0.3 is 10.1 Å². The summed E-state index contributed by atoms with van der Waals surface area (Å²) >= 11 is 0. The van der Waals surface area contributed by atoms with Gasteiger partial charge in [-0.2, -0.15) is 0 Å². The molecule has 5 aromatic rings. The summed E-state index contributed by atoms with van der Waals surface area (Å²) in [6, 6.07) is 23.5. The van der Waals surface area contributed by atoms with Gasteiger partial charge in [0.1, 0.15) is 5.76 Å². The first-order chi connectivity index (χ1) is 21.3. The summed E-state index contributed by atoms with van der Waals surface area (Å²) in [5, 5.41) is 14.5. The Morgan fingerprint density at radius 2 is 1.45 bits per heavy atom. The Balaban J connectivity index is 0.000000367. The molecule has 2 heterocycles. The van der Waals surface area contributed by atoms with Gasteiger partial charge in [-0.15, -0.1) is 34.9 Å². The van der Waals surface area contributed by atoms with E-state index in [1.54, 1.807) is 0 Å². The molecule has 0 amide bonds. The number of aryl methyl sites for hydroxylation is 3. The van der Waals surface area contributed by atoms with E-state index in [9.17, 15) is 9.90 Å². The van der Waals surface area contributed by atoms with Gasteiger partial charge in [-0.3, -0.25) is 9.78 Å². The van der Waals surface area contributed by atoms with Gasteiger partial charge in [0.05, 0.1) is 13.6 Å². The molecule has 47 heavy (non-hydrogen) atoms. The maximum absolute atomic E-state index is 11.5. The number of carbonyl (C=O) groups is 1. The van der Waals surface area contributed by atoms with E-state index >= 15 is 0 Å². The second-order valence-corrected chi connectivity index (χ2v) is 20.6. The first-order valence-corrected chi connectivity index (χ1v) is 19.5. The van der Waals surface area contributed by atoms with Crippen molar-refractivity contribution < 1.29 is 30.0 Å². The van der Waals surface area contributed by atoms with Crippen LogP contribution in [-0.4, -0.2) is 28.9 Å². The van der Waals surface area contributed by atoms with Gasteiger partial charge in [-0.25, -0.2) is 0 Å². The van der Waals surface area contributed by atoms with E-state index in [0.29, 0.717) is 0 Å². The van der Waals surface area contributed by atoms with Crippen LogP contribution in [0, 0.1) is 37.7 Å². The molecule has 1 N–H and O–H groups in total. The fraction of sp³-hybridized carbons (Fsp3) is 0.341. The SMILES string of the molecule is CC(C)(C)C(=O)/C=C(\O)C(C)(C)C.Cc1[c-]c(-c2nccc3c2cnc2c(C)c(-c4ccc([Si](C)(C)C)cc4)ccc23)cc(C)c1.[Ir]. The maximum atomic E-state index is 11.5. The maximum Gasteiger partial charge on any atom is 0.164 e. The molecule has 4 nitrogen and oxygen atoms in total. The largest absolute Gasteiger partial charge is 0.512 e. The average molecular weight is 822 g/mol. The zero-order valence-electron chi connectivity index (χ0n) is 30.0. The Kier molecular flexibility index (Phi) is 11.6. The minimum Gasteiger partial charge on any atom is -0.512 e. The molecule has 0 unspecified atom stereocenters. The summed E-state index contributed by atoms with van der Waals surface area (Å²) in [4.78, 5) is 21.1. The van der Waals surface area contributed by atoms with Gasteiger partial charge in [0, 0.05) is 54.8 Å². The second kappa shape index (κ2) is 14.4. The molecule has 5 rings (SSSR count). The van der Waals surface area contributed by atoms with E-state index in [4.69, 9.17) is 9.97 Å². The van der Waals surface area contributed by atoms with E-state index in [-0.39, 0.29) is 37.1 Å². The molecule has 2 aromatic heterocycles. The second-order valence-electron chi connectivity index (χ2n) is 15.5. The van der Waals surface area contributed by atoms with Crippen LogP contribution in [0.15, 0.2) is 78.8 Å². The number of hydrogen-bond donors (Lipinski definition) is 1. The van der Waals surface area contributed by atoms with Crippen LogP contribution in [0.1, 0.15) is 58.2 Å². The molecule has 0 fully saturated rings. The number of aromatic nitrogens is 2. The van der Waals surface area contributed by atoms with Gasteiger partial charge in [-0.1, -0.05) is 117 Å². The van der Waals surface area contributed by atoms with Crippen LogP contribution >= 0.6 is 0 Å². The molecule has 0 atom stereocenters. The fourth-order valence-electron chi connectivity index (χ4n) is 5.31. The molecule has 249 valence electrons. The van der Waals surface area contributed by atoms with E-state index in [0.717, 1.165) is 27.7 Å². The molecule has 0 saturated carbocycles. The van der Waals surface area contributed by atoms with Gasteiger partial charge in [0.25, 0.3) is 0 Å². The van der Waals surface area contributed by atoms with Crippen LogP contribution in [0.2, 0.25) is 19.6 Å². The molecule has 0 spiro atoms. The van der Waals surface area contributed by atoms with Crippen molar-refractivity contribution in [2.45, 2.75) is 82.0 Å². The minimum absolute atomic E-state index is 0. The van der Waals surface area contributed by atoms with Crippen molar-refractivity contribution in [1.29, 1.82) is 0 Å². The number of pyridine rings is 2. The standard InChI is InChI=1S/C30H29N2Si.C11H20O2.Ir/c1-19-15-20(2)17-23(16-19)30-28-18-32-29-21(3)25(11-12-27(29)26(28)13-14-31-30)22-7-9-24(10-8-22)33(4,5)6;1-10(2,3)8(12)7-9(13)11(4,5)6;/h7-16,18H,1-6H3;7,12H,1-6H3;/q-1;;/b;8-7-;. The monoisotopic (exact) mass is 822 g/mol. The smallest absolute Gasteiger partial charge is 0.164 e. The third-order valence-corrected chi connectivity index (χ3v) is 10.3. The average Bonchev–Trinajstić information content (AvgIpc) is 2.95. The summed E-state index contributed by atoms with van der Waals surface area (Å²) in [5.41, 5.74) is 8.30. The number of nitrogens with zero attached hydrogens (tertiary/aromatic N) is 2. The van der Waals surface area contributed by atoms with Crippen molar-refractivity contribution in [3.63, 3.8) is 0 Å². The topological polar surface area (TPSA) is 63.1 Å². The van der Waals surface area contributed by atoms with Gasteiger partial charge in [0.2, 0.25) is 0 Å². The first kappa shape index (κ1) is 38.0. The Labute approximate surface area is 296 Å². The first-order valence-electron chi connectivity index (χ1n) is 16.0. The fourth-order valence-corrected chi connectivity index (χ4v) is 6.48. The molecule has 0 bridgehead atoms. The molecule has 3 aromatic carbocycles. The van der Waals surface area contributed by atoms with Crippen LogP contribution < -0.4 is 5.19 Å². The molecule has 0 aliphatic heterocycles. The van der Waals surface area contributed by atoms with Crippen molar-refractivity contribution >= 4 is 40.7 Å². The summed E-state index contributed by atoms with van der Waals surface area (Å²) in [6.45, 7) is 24.7. The molecule has 6 heteroatoms. The Morgan fingerprint density at radius 3 is 2.00 bits per heavy atom. The van der Waals surface area contributed by atoms with E-state index in [1.165, 1.54) is 44.3 Å². The van der Waals surface area contributed by atoms with Gasteiger partial charge >= 0.3 is 0 Å². The van der Waals surface area contributed by atoms with Crippen LogP contribution in [0.4, 0.5) is 0 Å². The van der Waals surface area contributed by atoms with Crippen molar-refractivity contribution in [1.82, 2.24) is 9.97 Å². The summed E-state index contributed by atoms with van der Waals surface area (Å²) < 4.78 is 0. The predicted molar refractivity (Wildman–Crippen MR) is 199 cm³/mol. The minimum atomic E-state index is -1.31. The third-order valence-electron chi connectivity index (χ3n) is 8.27. The summed E-state index contributed by atoms with van der Waals surface area (Å²) in [5.74, 6) is 0.104. The van der Waals surface area contributed by atoms with Crippen molar-refractivity contribution in [2.24, 2.45) is 10.8 Å². The number of benzene rings is 3. The van der Waals surface area contributed by atoms with Crippen molar-refractivity contribution in [2.75, 3.05) is 0 Å². The number of aliphatic hydroxyl groups excluding tert-OH is 1. The number of carbonyl (C=O) groups excluding carboxylic acids is 1. The predicted octanol–water partition coefficient (Wildman–Crippen LogP) is 10.5. The molecule has 1 radical (unpaired) electrons. The third kappa shape index (κ3) is 8.93. The number of rotatable bonds is 4. The van der Waals surface area contributed by atoms with Crippen LogP contribution in [0.3, 0.4) is 0 Å². The number of ketones is 1. The number of aliphatic hydroxyl groups is 1. The zero-order chi connectivity index (χ0) is 34.2. The Bertz CT molecular complexity index is 1920. The number of allylic oxidation sites excluding steroid dienone is 2. The molecular weight excluding hydrogens is 773 g/mol. The zero-order valence-corrected chi connectivity index (χ0v) is 33.4. The van der Waals surface area contributed by atoms with Crippen LogP contribution in [0.5, 0.6) is 0 Å². The quantitative estimate of drug-likeness (QED) is 0.0645. The van der Waals surface area contributed by atoms with Crippen molar-refractivity contribution in [3.05, 3.63) is 102 Å². The summed E-state index contributed by atoms with van der Waals surface area (Å²) in [7, 11) is -1.31. The van der Waals surface area contributed by atoms with Crippen molar-refractivity contribution in [3.8, 4) is 22.4 Å². The number of hydrogen-bond acceptors (Lipinski definition) is 4.